The molecule has 5 heteroatoms. The van der Waals surface area contributed by atoms with Gasteiger partial charge in [0.05, 0.1) is 5.39 Å². The summed E-state index contributed by atoms with van der Waals surface area (Å²) in [6.07, 6.45) is 1.91. The summed E-state index contributed by atoms with van der Waals surface area (Å²) >= 11 is 3.32. The molecule has 2 heterocycles. The topological polar surface area (TPSA) is 34.9 Å². The van der Waals surface area contributed by atoms with Crippen LogP contribution in [-0.2, 0) is 25.1 Å². The first-order valence-corrected chi connectivity index (χ1v) is 11.4. The number of benzene rings is 2. The first kappa shape index (κ1) is 17.7. The summed E-state index contributed by atoms with van der Waals surface area (Å²) in [6.45, 7) is 2.66. The fourth-order valence-electron chi connectivity index (χ4n) is 3.91. The van der Waals surface area contributed by atoms with Gasteiger partial charge >= 0.3 is 0 Å². The van der Waals surface area contributed by atoms with E-state index in [0.717, 1.165) is 34.0 Å². The molecule has 0 aliphatic heterocycles. The maximum atomic E-state index is 13.4. The Labute approximate surface area is 172 Å². The van der Waals surface area contributed by atoms with E-state index in [2.05, 4.69) is 36.4 Å². The van der Waals surface area contributed by atoms with E-state index in [-0.39, 0.29) is 5.56 Å². The number of fused-ring (bicyclic) bond motifs is 5. The number of aromatic nitrogens is 2. The zero-order valence-electron chi connectivity index (χ0n) is 15.6. The zero-order chi connectivity index (χ0) is 19.1. The van der Waals surface area contributed by atoms with Crippen LogP contribution in [0.25, 0.3) is 20.7 Å². The van der Waals surface area contributed by atoms with Crippen LogP contribution in [0, 0.1) is 0 Å². The molecule has 3 nitrogen and oxygen atoms in total. The van der Waals surface area contributed by atoms with Crippen molar-refractivity contribution in [2.45, 2.75) is 37.2 Å². The summed E-state index contributed by atoms with van der Waals surface area (Å²) in [4.78, 5) is 20.4. The van der Waals surface area contributed by atoms with E-state index in [1.807, 2.05) is 29.7 Å². The molecule has 0 bridgehead atoms. The van der Waals surface area contributed by atoms with Gasteiger partial charge in [-0.2, -0.15) is 0 Å². The number of hydrogen-bond acceptors (Lipinski definition) is 4. The van der Waals surface area contributed by atoms with Gasteiger partial charge in [0, 0.05) is 17.2 Å². The molecule has 1 aliphatic rings. The fourth-order valence-corrected chi connectivity index (χ4v) is 6.25. The third kappa shape index (κ3) is 2.90. The minimum absolute atomic E-state index is 0.111. The van der Waals surface area contributed by atoms with Gasteiger partial charge in [-0.05, 0) is 42.0 Å². The monoisotopic (exact) mass is 404 g/mol. The van der Waals surface area contributed by atoms with Crippen molar-refractivity contribution in [3.63, 3.8) is 0 Å². The smallest absolute Gasteiger partial charge is 0.263 e. The van der Waals surface area contributed by atoms with E-state index >= 15 is 0 Å². The van der Waals surface area contributed by atoms with E-state index in [1.54, 1.807) is 23.1 Å². The molecule has 0 atom stereocenters. The highest BCUT2D eigenvalue weighted by Gasteiger charge is 2.24. The molecule has 28 heavy (non-hydrogen) atoms. The minimum Gasteiger partial charge on any atom is -0.287 e. The Morgan fingerprint density at radius 1 is 1.07 bits per heavy atom. The average Bonchev–Trinajstić information content (AvgIpc) is 3.12. The predicted octanol–water partition coefficient (Wildman–Crippen LogP) is 5.54. The normalized spacial score (nSPS) is 12.8. The Bertz CT molecular complexity index is 1220. The molecule has 0 radical (unpaired) electrons. The standard InChI is InChI=1S/C23H20N2OS2/c1-2-25-22(26)19-18-13-12-16-10-6-7-11-17(16)20(18)28-21(19)24-23(25)27-14-15-8-4-3-5-9-15/h3-11H,2,12-14H2,1H3. The second kappa shape index (κ2) is 7.22. The molecule has 1 aliphatic carbocycles. The van der Waals surface area contributed by atoms with Crippen molar-refractivity contribution in [1.82, 2.24) is 9.55 Å². The molecule has 2 aromatic heterocycles. The summed E-state index contributed by atoms with van der Waals surface area (Å²) in [5.41, 5.74) is 5.19. The number of aryl methyl sites for hydroxylation is 2. The first-order valence-electron chi connectivity index (χ1n) is 9.57. The highest BCUT2D eigenvalue weighted by Crippen LogP contribution is 2.42. The SMILES string of the molecule is CCn1c(SCc2ccccc2)nc2sc3c(c2c1=O)CCc1ccccc1-3. The lowest BCUT2D eigenvalue weighted by atomic mass is 9.90. The summed E-state index contributed by atoms with van der Waals surface area (Å²) in [5.74, 6) is 0.812. The molecule has 140 valence electrons. The van der Waals surface area contributed by atoms with Crippen molar-refractivity contribution in [3.8, 4) is 10.4 Å². The number of hydrogen-bond donors (Lipinski definition) is 0. The second-order valence-corrected chi connectivity index (χ2v) is 8.91. The predicted molar refractivity (Wildman–Crippen MR) is 118 cm³/mol. The first-order chi connectivity index (χ1) is 13.8. The van der Waals surface area contributed by atoms with E-state index in [9.17, 15) is 4.79 Å². The van der Waals surface area contributed by atoms with Gasteiger partial charge in [0.15, 0.2) is 5.16 Å². The lowest BCUT2D eigenvalue weighted by Crippen LogP contribution is -2.23. The Kier molecular flexibility index (Phi) is 4.57. The van der Waals surface area contributed by atoms with Crippen molar-refractivity contribution in [2.24, 2.45) is 0 Å². The average molecular weight is 405 g/mol. The summed E-state index contributed by atoms with van der Waals surface area (Å²) in [5, 5.41) is 1.65. The summed E-state index contributed by atoms with van der Waals surface area (Å²) in [6, 6.07) is 18.9. The van der Waals surface area contributed by atoms with Crippen LogP contribution in [0.4, 0.5) is 0 Å². The maximum Gasteiger partial charge on any atom is 0.263 e. The van der Waals surface area contributed by atoms with Gasteiger partial charge < -0.3 is 0 Å². The van der Waals surface area contributed by atoms with Gasteiger partial charge in [-0.25, -0.2) is 4.98 Å². The van der Waals surface area contributed by atoms with Crippen LogP contribution in [0.3, 0.4) is 0 Å². The molecule has 0 N–H and O–H groups in total. The molecule has 0 unspecified atom stereocenters. The van der Waals surface area contributed by atoms with Gasteiger partial charge in [-0.1, -0.05) is 66.4 Å². The molecule has 5 rings (SSSR count). The van der Waals surface area contributed by atoms with Crippen LogP contribution in [0.1, 0.15) is 23.6 Å². The van der Waals surface area contributed by atoms with Crippen LogP contribution in [-0.4, -0.2) is 9.55 Å². The van der Waals surface area contributed by atoms with Gasteiger partial charge in [-0.3, -0.25) is 9.36 Å². The largest absolute Gasteiger partial charge is 0.287 e. The minimum atomic E-state index is 0.111. The third-order valence-corrected chi connectivity index (χ3v) is 7.52. The molecule has 0 saturated carbocycles. The number of thiophene rings is 1. The fraction of sp³-hybridized carbons (Fsp3) is 0.217. The van der Waals surface area contributed by atoms with E-state index in [4.69, 9.17) is 4.98 Å². The van der Waals surface area contributed by atoms with Crippen LogP contribution in [0.15, 0.2) is 64.5 Å². The lowest BCUT2D eigenvalue weighted by Gasteiger charge is -2.16. The molecule has 4 aromatic rings. The van der Waals surface area contributed by atoms with Gasteiger partial charge in [0.2, 0.25) is 0 Å². The van der Waals surface area contributed by atoms with Gasteiger partial charge in [0.1, 0.15) is 4.83 Å². The van der Waals surface area contributed by atoms with Crippen LogP contribution in [0.5, 0.6) is 0 Å². The number of rotatable bonds is 4. The third-order valence-electron chi connectivity index (χ3n) is 5.31. The van der Waals surface area contributed by atoms with Crippen LogP contribution < -0.4 is 5.56 Å². The zero-order valence-corrected chi connectivity index (χ0v) is 17.3. The van der Waals surface area contributed by atoms with Gasteiger partial charge in [-0.15, -0.1) is 11.3 Å². The molecule has 0 amide bonds. The van der Waals surface area contributed by atoms with Gasteiger partial charge in [0.25, 0.3) is 5.56 Å². The Hall–Kier alpha value is -2.37. The highest BCUT2D eigenvalue weighted by atomic mass is 32.2. The van der Waals surface area contributed by atoms with Crippen molar-refractivity contribution >= 4 is 33.3 Å². The van der Waals surface area contributed by atoms with Crippen molar-refractivity contribution < 1.29 is 0 Å². The maximum absolute atomic E-state index is 13.4. The quantitative estimate of drug-likeness (QED) is 0.331. The molecule has 0 spiro atoms. The van der Waals surface area contributed by atoms with E-state index in [1.165, 1.54) is 27.1 Å². The van der Waals surface area contributed by atoms with Crippen LogP contribution in [0.2, 0.25) is 0 Å². The molecule has 0 saturated heterocycles. The van der Waals surface area contributed by atoms with E-state index in [0.29, 0.717) is 6.54 Å². The molecular weight excluding hydrogens is 384 g/mol. The molecule has 0 fully saturated rings. The van der Waals surface area contributed by atoms with E-state index < -0.39 is 0 Å². The summed E-state index contributed by atoms with van der Waals surface area (Å²) in [7, 11) is 0. The lowest BCUT2D eigenvalue weighted by molar-refractivity contribution is 0.635. The number of thioether (sulfide) groups is 1. The Morgan fingerprint density at radius 3 is 2.68 bits per heavy atom. The summed E-state index contributed by atoms with van der Waals surface area (Å²) < 4.78 is 1.84. The highest BCUT2D eigenvalue weighted by molar-refractivity contribution is 7.98. The Balaban J connectivity index is 1.63. The number of nitrogens with zero attached hydrogens (tertiary/aromatic N) is 2. The van der Waals surface area contributed by atoms with Crippen molar-refractivity contribution in [2.75, 3.05) is 0 Å². The second-order valence-electron chi connectivity index (χ2n) is 6.97. The van der Waals surface area contributed by atoms with Crippen molar-refractivity contribution in [1.29, 1.82) is 0 Å². The molecular formula is C23H20N2OS2. The Morgan fingerprint density at radius 2 is 1.86 bits per heavy atom. The van der Waals surface area contributed by atoms with Crippen LogP contribution >= 0.6 is 23.1 Å². The van der Waals surface area contributed by atoms with Crippen molar-refractivity contribution in [3.05, 3.63) is 81.6 Å². The molecule has 2 aromatic carbocycles.